The van der Waals surface area contributed by atoms with E-state index in [2.05, 4.69) is 5.32 Å². The predicted octanol–water partition coefficient (Wildman–Crippen LogP) is 3.47. The van der Waals surface area contributed by atoms with Crippen molar-refractivity contribution in [2.45, 2.75) is 30.9 Å². The monoisotopic (exact) mass is 367 g/mol. The van der Waals surface area contributed by atoms with Crippen LogP contribution in [0.5, 0.6) is 0 Å². The lowest BCUT2D eigenvalue weighted by molar-refractivity contribution is 0.136. The van der Waals surface area contributed by atoms with E-state index in [0.29, 0.717) is 6.42 Å². The molecule has 0 heterocycles. The molecule has 7 heteroatoms. The van der Waals surface area contributed by atoms with Gasteiger partial charge in [-0.1, -0.05) is 42.5 Å². The number of nitrogens with one attached hydrogen (secondary N) is 1. The summed E-state index contributed by atoms with van der Waals surface area (Å²) in [6.45, 7) is 2.00. The van der Waals surface area contributed by atoms with Gasteiger partial charge in [0.25, 0.3) is 9.05 Å². The van der Waals surface area contributed by atoms with Crippen molar-refractivity contribution in [3.63, 3.8) is 0 Å². The van der Waals surface area contributed by atoms with Gasteiger partial charge in [-0.15, -0.1) is 0 Å². The summed E-state index contributed by atoms with van der Waals surface area (Å²) in [6, 6.07) is 15.5. The first-order chi connectivity index (χ1) is 11.3. The normalized spacial score (nSPS) is 12.4. The van der Waals surface area contributed by atoms with E-state index in [9.17, 15) is 13.2 Å². The maximum Gasteiger partial charge on any atom is 0.407 e. The maximum absolute atomic E-state index is 11.8. The zero-order valence-corrected chi connectivity index (χ0v) is 14.7. The highest BCUT2D eigenvalue weighted by molar-refractivity contribution is 8.13. The fourth-order valence-corrected chi connectivity index (χ4v) is 3.02. The van der Waals surface area contributed by atoms with Gasteiger partial charge in [0.1, 0.15) is 6.61 Å². The van der Waals surface area contributed by atoms with Crippen molar-refractivity contribution in [3.05, 3.63) is 65.7 Å². The van der Waals surface area contributed by atoms with Gasteiger partial charge in [0, 0.05) is 16.7 Å². The van der Waals surface area contributed by atoms with E-state index in [4.69, 9.17) is 15.4 Å². The molecular formula is C17H18ClNO4S. The molecule has 0 aromatic heterocycles. The molecule has 0 saturated heterocycles. The number of amides is 1. The highest BCUT2D eigenvalue weighted by Crippen LogP contribution is 2.17. The fraction of sp³-hybridized carbons (Fsp3) is 0.235. The summed E-state index contributed by atoms with van der Waals surface area (Å²) >= 11 is 0. The zero-order chi connectivity index (χ0) is 17.6. The topological polar surface area (TPSA) is 72.5 Å². The van der Waals surface area contributed by atoms with E-state index in [-0.39, 0.29) is 17.5 Å². The lowest BCUT2D eigenvalue weighted by atomic mass is 10.1. The van der Waals surface area contributed by atoms with Crippen LogP contribution in [0.3, 0.4) is 0 Å². The Morgan fingerprint density at radius 1 is 1.12 bits per heavy atom. The number of alkyl carbamates (subject to hydrolysis) is 1. The first-order valence-corrected chi connectivity index (χ1v) is 9.66. The van der Waals surface area contributed by atoms with Crippen molar-refractivity contribution in [2.24, 2.45) is 0 Å². The van der Waals surface area contributed by atoms with Gasteiger partial charge in [0.05, 0.1) is 4.90 Å². The van der Waals surface area contributed by atoms with Crippen LogP contribution in [0.2, 0.25) is 0 Å². The van der Waals surface area contributed by atoms with Crippen molar-refractivity contribution in [2.75, 3.05) is 0 Å². The number of carbonyl (C=O) groups is 1. The predicted molar refractivity (Wildman–Crippen MR) is 92.4 cm³/mol. The lowest BCUT2D eigenvalue weighted by Gasteiger charge is -2.14. The van der Waals surface area contributed by atoms with Gasteiger partial charge in [0.2, 0.25) is 0 Å². The minimum Gasteiger partial charge on any atom is -0.445 e. The van der Waals surface area contributed by atoms with E-state index in [0.717, 1.165) is 11.1 Å². The maximum atomic E-state index is 11.8. The fourth-order valence-electron chi connectivity index (χ4n) is 2.19. The lowest BCUT2D eigenvalue weighted by Crippen LogP contribution is -2.34. The van der Waals surface area contributed by atoms with Gasteiger partial charge in [0.15, 0.2) is 0 Å². The van der Waals surface area contributed by atoms with E-state index in [1.807, 2.05) is 37.3 Å². The standard InChI is InChI=1S/C17H18ClNO4S/c1-13(10-15-8-5-9-16(11-15)24(18,21)22)19-17(20)23-12-14-6-3-2-4-7-14/h2-9,11,13H,10,12H2,1H3,(H,19,20)/t13-/m0/s1. The first kappa shape index (κ1) is 18.3. The number of carbonyl (C=O) groups excluding carboxylic acids is 1. The van der Waals surface area contributed by atoms with Crippen molar-refractivity contribution >= 4 is 25.8 Å². The average Bonchev–Trinajstić information content (AvgIpc) is 2.53. The molecule has 2 rings (SSSR count). The van der Waals surface area contributed by atoms with Crippen LogP contribution in [0, 0.1) is 0 Å². The molecule has 0 saturated carbocycles. The Kier molecular flexibility index (Phi) is 6.23. The third kappa shape index (κ3) is 5.86. The molecule has 0 spiro atoms. The van der Waals surface area contributed by atoms with Crippen LogP contribution in [0.15, 0.2) is 59.5 Å². The third-order valence-electron chi connectivity index (χ3n) is 3.30. The Bertz CT molecular complexity index is 793. The van der Waals surface area contributed by atoms with Gasteiger partial charge in [-0.25, -0.2) is 13.2 Å². The molecule has 0 bridgehead atoms. The second-order valence-corrected chi connectivity index (χ2v) is 7.96. The second kappa shape index (κ2) is 8.17. The molecule has 24 heavy (non-hydrogen) atoms. The van der Waals surface area contributed by atoms with Gasteiger partial charge in [-0.2, -0.15) is 0 Å². The molecule has 1 N–H and O–H groups in total. The summed E-state index contributed by atoms with van der Waals surface area (Å²) in [5, 5.41) is 2.71. The molecule has 2 aromatic carbocycles. The van der Waals surface area contributed by atoms with Crippen molar-refractivity contribution in [1.82, 2.24) is 5.32 Å². The zero-order valence-electron chi connectivity index (χ0n) is 13.1. The molecule has 0 fully saturated rings. The quantitative estimate of drug-likeness (QED) is 0.793. The molecule has 0 unspecified atom stereocenters. The molecule has 0 aliphatic rings. The van der Waals surface area contributed by atoms with Crippen LogP contribution in [0.1, 0.15) is 18.1 Å². The number of hydrogen-bond donors (Lipinski definition) is 1. The summed E-state index contributed by atoms with van der Waals surface area (Å²) in [7, 11) is 1.57. The van der Waals surface area contributed by atoms with Crippen LogP contribution in [-0.2, 0) is 26.8 Å². The first-order valence-electron chi connectivity index (χ1n) is 7.35. The van der Waals surface area contributed by atoms with Crippen LogP contribution in [0.4, 0.5) is 4.79 Å². The van der Waals surface area contributed by atoms with E-state index < -0.39 is 15.1 Å². The van der Waals surface area contributed by atoms with Gasteiger partial charge in [-0.3, -0.25) is 0 Å². The molecule has 0 aliphatic heterocycles. The average molecular weight is 368 g/mol. The number of hydrogen-bond acceptors (Lipinski definition) is 4. The Labute approximate surface area is 146 Å². The van der Waals surface area contributed by atoms with E-state index in [1.165, 1.54) is 12.1 Å². The Hall–Kier alpha value is -2.05. The molecule has 0 aliphatic carbocycles. The Morgan fingerprint density at radius 2 is 1.79 bits per heavy atom. The van der Waals surface area contributed by atoms with Gasteiger partial charge < -0.3 is 10.1 Å². The smallest absolute Gasteiger partial charge is 0.407 e. The Balaban J connectivity index is 1.86. The Morgan fingerprint density at radius 3 is 2.46 bits per heavy atom. The third-order valence-corrected chi connectivity index (χ3v) is 4.65. The van der Waals surface area contributed by atoms with Crippen LogP contribution in [-0.4, -0.2) is 20.6 Å². The van der Waals surface area contributed by atoms with Crippen molar-refractivity contribution < 1.29 is 17.9 Å². The minimum absolute atomic E-state index is 0.0421. The molecule has 128 valence electrons. The molecule has 1 atom stereocenters. The van der Waals surface area contributed by atoms with Gasteiger partial charge in [-0.05, 0) is 36.6 Å². The SMILES string of the molecule is C[C@@H](Cc1cccc(S(=O)(=O)Cl)c1)NC(=O)OCc1ccccc1. The number of ether oxygens (including phenoxy) is 1. The van der Waals surface area contributed by atoms with E-state index in [1.54, 1.807) is 12.1 Å². The minimum atomic E-state index is -3.76. The molecule has 2 aromatic rings. The second-order valence-electron chi connectivity index (χ2n) is 5.40. The number of benzene rings is 2. The summed E-state index contributed by atoms with van der Waals surface area (Å²) in [4.78, 5) is 11.8. The van der Waals surface area contributed by atoms with Crippen LogP contribution >= 0.6 is 10.7 Å². The van der Waals surface area contributed by atoms with Gasteiger partial charge >= 0.3 is 6.09 Å². The summed E-state index contributed by atoms with van der Waals surface area (Å²) in [5.41, 5.74) is 1.66. The summed E-state index contributed by atoms with van der Waals surface area (Å²) < 4.78 is 27.8. The summed E-state index contributed by atoms with van der Waals surface area (Å²) in [6.07, 6.45) is -0.0618. The highest BCUT2D eigenvalue weighted by atomic mass is 35.7. The van der Waals surface area contributed by atoms with Crippen molar-refractivity contribution in [1.29, 1.82) is 0 Å². The van der Waals surface area contributed by atoms with Crippen molar-refractivity contribution in [3.8, 4) is 0 Å². The van der Waals surface area contributed by atoms with Crippen LogP contribution < -0.4 is 5.32 Å². The summed E-state index contributed by atoms with van der Waals surface area (Å²) in [5.74, 6) is 0. The molecule has 1 amide bonds. The number of rotatable bonds is 6. The largest absolute Gasteiger partial charge is 0.445 e. The molecular weight excluding hydrogens is 350 g/mol. The van der Waals surface area contributed by atoms with E-state index >= 15 is 0 Å². The number of halogens is 1. The molecule has 0 radical (unpaired) electrons. The molecule has 5 nitrogen and oxygen atoms in total. The highest BCUT2D eigenvalue weighted by Gasteiger charge is 2.13. The van der Waals surface area contributed by atoms with Crippen LogP contribution in [0.25, 0.3) is 0 Å².